The minimum atomic E-state index is -5.02. The molecule has 2 heterocycles. The third-order valence-electron chi connectivity index (χ3n) is 4.65. The number of hydrogen-bond donors (Lipinski definition) is 3. The Labute approximate surface area is 213 Å². The molecule has 1 unspecified atom stereocenters. The van der Waals surface area contributed by atoms with Crippen LogP contribution < -0.4 is 10.5 Å². The molecule has 36 heavy (non-hydrogen) atoms. The molecule has 0 spiro atoms. The van der Waals surface area contributed by atoms with Crippen molar-refractivity contribution in [3.05, 3.63) is 30.6 Å². The van der Waals surface area contributed by atoms with E-state index < -0.39 is 31.6 Å². The first-order chi connectivity index (χ1) is 16.8. The fourth-order valence-electron chi connectivity index (χ4n) is 3.35. The Hall–Kier alpha value is -2.25. The van der Waals surface area contributed by atoms with Gasteiger partial charge in [0.15, 0.2) is 5.65 Å². The van der Waals surface area contributed by atoms with Gasteiger partial charge in [-0.3, -0.25) is 4.57 Å². The Morgan fingerprint density at radius 2 is 1.67 bits per heavy atom. The zero-order valence-electron chi connectivity index (χ0n) is 21.0. The number of imidazole rings is 1. The Kier molecular flexibility index (Phi) is 8.99. The van der Waals surface area contributed by atoms with Crippen LogP contribution in [0.5, 0.6) is 5.75 Å². The van der Waals surface area contributed by atoms with E-state index in [1.807, 2.05) is 24.3 Å². The third-order valence-corrected chi connectivity index (χ3v) is 6.67. The van der Waals surface area contributed by atoms with Crippen LogP contribution in [-0.4, -0.2) is 60.4 Å². The normalized spacial score (nSPS) is 13.6. The number of fused-ring (bicyclic) bond motifs is 1. The first-order valence-electron chi connectivity index (χ1n) is 11.2. The molecule has 1 aromatic carbocycles. The maximum absolute atomic E-state index is 12.4. The van der Waals surface area contributed by atoms with E-state index in [2.05, 4.69) is 15.0 Å². The second kappa shape index (κ2) is 11.4. The lowest BCUT2D eigenvalue weighted by Gasteiger charge is -2.37. The second-order valence-electron chi connectivity index (χ2n) is 8.56. The van der Waals surface area contributed by atoms with E-state index in [9.17, 15) is 14.4 Å². The first kappa shape index (κ1) is 28.3. The molecule has 0 saturated carbocycles. The molecule has 198 valence electrons. The highest BCUT2D eigenvalue weighted by atomic mass is 32.2. The van der Waals surface area contributed by atoms with Crippen LogP contribution in [-0.2, 0) is 25.3 Å². The summed E-state index contributed by atoms with van der Waals surface area (Å²) in [6, 6.07) is 7.47. The summed E-state index contributed by atoms with van der Waals surface area (Å²) < 4.78 is 36.1. The Balaban J connectivity index is 1.89. The standard InChI is InChI=1S/C22H32N5O7PS/c1-13(2)32-22(33-14(3)4,35(28,29)30)34-15(5)11-27-12-24-18-19(27)25-21(23)26-20(18)36-17-9-7-16(31-6)8-10-17/h7-10,12-15H,11H2,1-6H3,(H2,23,25,26)(H2,28,29,30). The highest BCUT2D eigenvalue weighted by Gasteiger charge is 2.54. The predicted octanol–water partition coefficient (Wildman–Crippen LogP) is 3.61. The van der Waals surface area contributed by atoms with E-state index in [1.165, 1.54) is 11.8 Å². The summed E-state index contributed by atoms with van der Waals surface area (Å²) >= 11 is 1.37. The van der Waals surface area contributed by atoms with Gasteiger partial charge in [0.05, 0.1) is 38.3 Å². The molecule has 0 amide bonds. The van der Waals surface area contributed by atoms with Gasteiger partial charge in [-0.1, -0.05) is 11.8 Å². The monoisotopic (exact) mass is 541 g/mol. The molecular formula is C22H32N5O7PS. The van der Waals surface area contributed by atoms with Crippen molar-refractivity contribution in [2.75, 3.05) is 12.8 Å². The molecule has 12 nitrogen and oxygen atoms in total. The number of methoxy groups -OCH3 is 1. The van der Waals surface area contributed by atoms with Crippen LogP contribution in [0.2, 0.25) is 0 Å². The summed E-state index contributed by atoms with van der Waals surface area (Å²) in [6.45, 7) is 8.30. The summed E-state index contributed by atoms with van der Waals surface area (Å²) in [7, 11) is -3.42. The van der Waals surface area contributed by atoms with Crippen LogP contribution in [0.4, 0.5) is 5.95 Å². The summed E-state index contributed by atoms with van der Waals surface area (Å²) in [5.41, 5.74) is 4.39. The summed E-state index contributed by atoms with van der Waals surface area (Å²) in [6.07, 6.45) is -0.394. The summed E-state index contributed by atoms with van der Waals surface area (Å²) in [5.74, 6) is 0.795. The lowest BCUT2D eigenvalue weighted by Crippen LogP contribution is -2.45. The molecule has 0 saturated heterocycles. The molecule has 4 N–H and O–H groups in total. The molecule has 3 rings (SSSR count). The highest BCUT2D eigenvalue weighted by molar-refractivity contribution is 7.99. The topological polar surface area (TPSA) is 164 Å². The van der Waals surface area contributed by atoms with E-state index in [0.717, 1.165) is 10.6 Å². The van der Waals surface area contributed by atoms with Gasteiger partial charge in [-0.15, -0.1) is 0 Å². The van der Waals surface area contributed by atoms with Gasteiger partial charge in [0, 0.05) is 4.90 Å². The van der Waals surface area contributed by atoms with E-state index in [-0.39, 0.29) is 12.5 Å². The Bertz CT molecular complexity index is 1210. The lowest BCUT2D eigenvalue weighted by molar-refractivity contribution is -0.367. The fourth-order valence-corrected chi connectivity index (χ4v) is 5.24. The number of ether oxygens (including phenoxy) is 4. The highest BCUT2D eigenvalue weighted by Crippen LogP contribution is 2.54. The van der Waals surface area contributed by atoms with Gasteiger partial charge < -0.3 is 39.0 Å². The second-order valence-corrected chi connectivity index (χ2v) is 11.3. The number of nitrogens with zero attached hydrogens (tertiary/aromatic N) is 4. The Morgan fingerprint density at radius 3 is 2.19 bits per heavy atom. The maximum Gasteiger partial charge on any atom is 0.415 e. The molecule has 0 bridgehead atoms. The summed E-state index contributed by atoms with van der Waals surface area (Å²) in [5, 5.41) is 0.561. The number of rotatable bonds is 12. The zero-order valence-corrected chi connectivity index (χ0v) is 22.7. The van der Waals surface area contributed by atoms with E-state index in [4.69, 9.17) is 24.7 Å². The minimum Gasteiger partial charge on any atom is -0.497 e. The van der Waals surface area contributed by atoms with Gasteiger partial charge in [0.25, 0.3) is 0 Å². The number of anilines is 1. The number of benzene rings is 1. The molecule has 0 aliphatic rings. The van der Waals surface area contributed by atoms with Crippen LogP contribution in [0.1, 0.15) is 34.6 Å². The number of aromatic nitrogens is 4. The van der Waals surface area contributed by atoms with Crippen LogP contribution in [0.25, 0.3) is 11.2 Å². The van der Waals surface area contributed by atoms with Crippen LogP contribution in [0.15, 0.2) is 40.5 Å². The number of nitrogen functional groups attached to an aromatic ring is 1. The maximum atomic E-state index is 12.4. The van der Waals surface area contributed by atoms with E-state index in [0.29, 0.717) is 16.2 Å². The summed E-state index contributed by atoms with van der Waals surface area (Å²) in [4.78, 5) is 34.2. The predicted molar refractivity (Wildman–Crippen MR) is 135 cm³/mol. The van der Waals surface area contributed by atoms with Crippen molar-refractivity contribution in [2.24, 2.45) is 0 Å². The fraction of sp³-hybridized carbons (Fsp3) is 0.500. The minimum absolute atomic E-state index is 0.0599. The first-order valence-corrected chi connectivity index (χ1v) is 13.7. The van der Waals surface area contributed by atoms with Gasteiger partial charge in [-0.05, 0) is 58.9 Å². The molecule has 0 radical (unpaired) electrons. The molecule has 0 aliphatic heterocycles. The van der Waals surface area contributed by atoms with E-state index >= 15 is 0 Å². The SMILES string of the molecule is COc1ccc(Sc2nc(N)nc3c2ncn3CC(C)OC(OC(C)C)(OC(C)C)P(=O)(O)O)cc1. The van der Waals surface area contributed by atoms with Crippen molar-refractivity contribution < 1.29 is 33.3 Å². The van der Waals surface area contributed by atoms with Gasteiger partial charge in [-0.2, -0.15) is 4.98 Å². The molecular weight excluding hydrogens is 509 g/mol. The molecule has 3 aromatic rings. The van der Waals surface area contributed by atoms with Crippen LogP contribution >= 0.6 is 19.4 Å². The molecule has 14 heteroatoms. The number of hydrogen-bond acceptors (Lipinski definition) is 10. The van der Waals surface area contributed by atoms with Crippen LogP contribution in [0, 0.1) is 0 Å². The van der Waals surface area contributed by atoms with Gasteiger partial charge in [0.1, 0.15) is 16.3 Å². The van der Waals surface area contributed by atoms with Crippen molar-refractivity contribution in [1.29, 1.82) is 0 Å². The van der Waals surface area contributed by atoms with Gasteiger partial charge in [0.2, 0.25) is 5.95 Å². The average Bonchev–Trinajstić information content (AvgIpc) is 3.14. The van der Waals surface area contributed by atoms with Crippen molar-refractivity contribution in [1.82, 2.24) is 19.5 Å². The smallest absolute Gasteiger partial charge is 0.415 e. The van der Waals surface area contributed by atoms with Gasteiger partial charge in [-0.25, -0.2) is 9.97 Å². The van der Waals surface area contributed by atoms with Crippen molar-refractivity contribution in [3.8, 4) is 5.75 Å². The molecule has 0 fully saturated rings. The van der Waals surface area contributed by atoms with Crippen molar-refractivity contribution >= 4 is 36.5 Å². The van der Waals surface area contributed by atoms with Crippen molar-refractivity contribution in [3.63, 3.8) is 0 Å². The van der Waals surface area contributed by atoms with Gasteiger partial charge >= 0.3 is 13.3 Å². The van der Waals surface area contributed by atoms with Crippen LogP contribution in [0.3, 0.4) is 0 Å². The van der Waals surface area contributed by atoms with E-state index in [1.54, 1.807) is 52.6 Å². The average molecular weight is 542 g/mol. The molecule has 0 aliphatic carbocycles. The number of nitrogens with two attached hydrogens (primary N) is 1. The Morgan fingerprint density at radius 1 is 1.06 bits per heavy atom. The van der Waals surface area contributed by atoms with Crippen molar-refractivity contribution in [2.45, 2.75) is 75.1 Å². The third kappa shape index (κ3) is 6.74. The quantitative estimate of drug-likeness (QED) is 0.174. The molecule has 2 aromatic heterocycles. The molecule has 1 atom stereocenters. The largest absolute Gasteiger partial charge is 0.497 e. The lowest BCUT2D eigenvalue weighted by atomic mass is 10.3. The zero-order chi connectivity index (χ0) is 26.7.